The summed E-state index contributed by atoms with van der Waals surface area (Å²) in [5.41, 5.74) is 0. The van der Waals surface area contributed by atoms with Gasteiger partial charge in [0, 0.05) is 6.04 Å². The van der Waals surface area contributed by atoms with Gasteiger partial charge in [0.1, 0.15) is 0 Å². The maximum atomic E-state index is 10.9. The van der Waals surface area contributed by atoms with E-state index >= 15 is 0 Å². The predicted octanol–water partition coefficient (Wildman–Crippen LogP) is 1.25. The number of nitrogens with one attached hydrogen (secondary N) is 1. The van der Waals surface area contributed by atoms with Gasteiger partial charge in [0.25, 0.3) is 0 Å². The van der Waals surface area contributed by atoms with Crippen LogP contribution in [-0.4, -0.2) is 36.4 Å². The fourth-order valence-corrected chi connectivity index (χ4v) is 1.83. The van der Waals surface area contributed by atoms with E-state index in [1.165, 1.54) is 12.8 Å². The molecule has 1 saturated heterocycles. The highest BCUT2D eigenvalue weighted by atomic mass is 16.5. The molecule has 2 atom stereocenters. The number of hydrogen-bond donors (Lipinski definition) is 2. The van der Waals surface area contributed by atoms with E-state index in [4.69, 9.17) is 9.84 Å². The Kier molecular flexibility index (Phi) is 5.05. The monoisotopic (exact) mass is 215 g/mol. The summed E-state index contributed by atoms with van der Waals surface area (Å²) in [4.78, 5) is 10.9. The molecule has 88 valence electrons. The number of rotatable bonds is 5. The lowest BCUT2D eigenvalue weighted by Gasteiger charge is -2.25. The highest BCUT2D eigenvalue weighted by Crippen LogP contribution is 2.11. The number of carboxylic acid groups (broad SMARTS) is 1. The highest BCUT2D eigenvalue weighted by Gasteiger charge is 2.23. The Morgan fingerprint density at radius 2 is 2.27 bits per heavy atom. The lowest BCUT2D eigenvalue weighted by atomic mass is 10.0. The molecule has 1 fully saturated rings. The molecule has 4 heteroatoms. The zero-order chi connectivity index (χ0) is 11.3. The summed E-state index contributed by atoms with van der Waals surface area (Å²) >= 11 is 0. The number of ether oxygens (including phenoxy) is 1. The molecule has 1 heterocycles. The Morgan fingerprint density at radius 1 is 1.53 bits per heavy atom. The molecule has 1 rings (SSSR count). The van der Waals surface area contributed by atoms with Crippen molar-refractivity contribution in [1.29, 1.82) is 0 Å². The van der Waals surface area contributed by atoms with Gasteiger partial charge in [0.2, 0.25) is 0 Å². The first-order valence-electron chi connectivity index (χ1n) is 5.69. The molecule has 0 aromatic carbocycles. The minimum Gasteiger partial charge on any atom is -0.479 e. The number of carbonyl (C=O) groups is 1. The van der Waals surface area contributed by atoms with Crippen molar-refractivity contribution in [2.45, 2.75) is 45.3 Å². The molecule has 0 aromatic rings. The molecule has 1 aliphatic heterocycles. The normalized spacial score (nSPS) is 24.1. The van der Waals surface area contributed by atoms with Crippen LogP contribution >= 0.6 is 0 Å². The van der Waals surface area contributed by atoms with Gasteiger partial charge in [-0.25, -0.2) is 4.79 Å². The summed E-state index contributed by atoms with van der Waals surface area (Å²) in [5.74, 6) is -0.841. The maximum Gasteiger partial charge on any atom is 0.333 e. The van der Waals surface area contributed by atoms with Crippen molar-refractivity contribution >= 4 is 5.97 Å². The number of aliphatic carboxylic acids is 1. The second-order valence-corrected chi connectivity index (χ2v) is 4.48. The largest absolute Gasteiger partial charge is 0.479 e. The summed E-state index contributed by atoms with van der Waals surface area (Å²) < 4.78 is 5.44. The zero-order valence-electron chi connectivity index (χ0n) is 9.53. The Labute approximate surface area is 91.0 Å². The van der Waals surface area contributed by atoms with Crippen LogP contribution in [0.5, 0.6) is 0 Å². The Morgan fingerprint density at radius 3 is 2.73 bits per heavy atom. The molecule has 0 amide bonds. The van der Waals surface area contributed by atoms with Crippen LogP contribution in [0.4, 0.5) is 0 Å². The Hall–Kier alpha value is -0.610. The highest BCUT2D eigenvalue weighted by molar-refractivity contribution is 5.72. The standard InChI is InChI=1S/C11H21NO3/c1-8(2)10(11(13)14)15-7-9-5-3-4-6-12-9/h8-10,12H,3-7H2,1-2H3,(H,13,14). The molecule has 0 saturated carbocycles. The lowest BCUT2D eigenvalue weighted by Crippen LogP contribution is -2.40. The van der Waals surface area contributed by atoms with Gasteiger partial charge >= 0.3 is 5.97 Å². The third-order valence-electron chi connectivity index (χ3n) is 2.74. The van der Waals surface area contributed by atoms with Crippen molar-refractivity contribution < 1.29 is 14.6 Å². The second-order valence-electron chi connectivity index (χ2n) is 4.48. The van der Waals surface area contributed by atoms with Crippen molar-refractivity contribution in [3.8, 4) is 0 Å². The molecule has 4 nitrogen and oxygen atoms in total. The molecule has 0 bridgehead atoms. The topological polar surface area (TPSA) is 58.6 Å². The van der Waals surface area contributed by atoms with Crippen molar-refractivity contribution in [3.63, 3.8) is 0 Å². The number of carboxylic acids is 1. The van der Waals surface area contributed by atoms with E-state index in [0.717, 1.165) is 13.0 Å². The van der Waals surface area contributed by atoms with Gasteiger partial charge in [0.05, 0.1) is 6.61 Å². The smallest absolute Gasteiger partial charge is 0.333 e. The van der Waals surface area contributed by atoms with E-state index in [9.17, 15) is 4.79 Å². The van der Waals surface area contributed by atoms with E-state index in [1.54, 1.807) is 0 Å². The molecule has 0 aromatic heterocycles. The van der Waals surface area contributed by atoms with Gasteiger partial charge in [-0.1, -0.05) is 20.3 Å². The van der Waals surface area contributed by atoms with Crippen LogP contribution in [0.15, 0.2) is 0 Å². The number of hydrogen-bond acceptors (Lipinski definition) is 3. The minimum atomic E-state index is -0.860. The van der Waals surface area contributed by atoms with Crippen molar-refractivity contribution in [2.75, 3.05) is 13.2 Å². The second kappa shape index (κ2) is 6.08. The van der Waals surface area contributed by atoms with Gasteiger partial charge in [-0.3, -0.25) is 0 Å². The molecule has 0 radical (unpaired) electrons. The third kappa shape index (κ3) is 4.18. The molecule has 2 unspecified atom stereocenters. The SMILES string of the molecule is CC(C)C(OCC1CCCCN1)C(=O)O. The number of piperidine rings is 1. The van der Waals surface area contributed by atoms with Crippen LogP contribution < -0.4 is 5.32 Å². The third-order valence-corrected chi connectivity index (χ3v) is 2.74. The molecule has 15 heavy (non-hydrogen) atoms. The molecular weight excluding hydrogens is 194 g/mol. The molecule has 1 aliphatic rings. The summed E-state index contributed by atoms with van der Waals surface area (Å²) in [5, 5.41) is 12.3. The first kappa shape index (κ1) is 12.5. The molecule has 0 spiro atoms. The van der Waals surface area contributed by atoms with Crippen LogP contribution in [-0.2, 0) is 9.53 Å². The molecular formula is C11H21NO3. The minimum absolute atomic E-state index is 0.0195. The maximum absolute atomic E-state index is 10.9. The van der Waals surface area contributed by atoms with Crippen LogP contribution in [0.1, 0.15) is 33.1 Å². The average molecular weight is 215 g/mol. The fourth-order valence-electron chi connectivity index (χ4n) is 1.83. The molecule has 2 N–H and O–H groups in total. The van der Waals surface area contributed by atoms with Gasteiger partial charge < -0.3 is 15.2 Å². The van der Waals surface area contributed by atoms with Crippen molar-refractivity contribution in [2.24, 2.45) is 5.92 Å². The summed E-state index contributed by atoms with van der Waals surface area (Å²) in [7, 11) is 0. The van der Waals surface area contributed by atoms with Crippen molar-refractivity contribution in [1.82, 2.24) is 5.32 Å². The average Bonchev–Trinajstić information content (AvgIpc) is 2.18. The first-order valence-corrected chi connectivity index (χ1v) is 5.69. The Balaban J connectivity index is 2.29. The van der Waals surface area contributed by atoms with Gasteiger partial charge in [0.15, 0.2) is 6.10 Å². The van der Waals surface area contributed by atoms with E-state index in [0.29, 0.717) is 12.6 Å². The quantitative estimate of drug-likeness (QED) is 0.724. The fraction of sp³-hybridized carbons (Fsp3) is 0.909. The van der Waals surface area contributed by atoms with Crippen LogP contribution in [0.25, 0.3) is 0 Å². The van der Waals surface area contributed by atoms with Crippen LogP contribution in [0, 0.1) is 5.92 Å². The van der Waals surface area contributed by atoms with E-state index < -0.39 is 12.1 Å². The van der Waals surface area contributed by atoms with Crippen LogP contribution in [0.2, 0.25) is 0 Å². The summed E-state index contributed by atoms with van der Waals surface area (Å²) in [6.07, 6.45) is 2.84. The van der Waals surface area contributed by atoms with E-state index in [-0.39, 0.29) is 5.92 Å². The summed E-state index contributed by atoms with van der Waals surface area (Å²) in [6, 6.07) is 0.333. The lowest BCUT2D eigenvalue weighted by molar-refractivity contribution is -0.154. The first-order chi connectivity index (χ1) is 7.11. The van der Waals surface area contributed by atoms with Crippen LogP contribution in [0.3, 0.4) is 0 Å². The van der Waals surface area contributed by atoms with E-state index in [1.807, 2.05) is 13.8 Å². The van der Waals surface area contributed by atoms with Gasteiger partial charge in [-0.2, -0.15) is 0 Å². The summed E-state index contributed by atoms with van der Waals surface area (Å²) in [6.45, 7) is 5.27. The van der Waals surface area contributed by atoms with Gasteiger partial charge in [-0.15, -0.1) is 0 Å². The van der Waals surface area contributed by atoms with E-state index in [2.05, 4.69) is 5.32 Å². The van der Waals surface area contributed by atoms with Gasteiger partial charge in [-0.05, 0) is 25.3 Å². The Bertz CT molecular complexity index is 200. The van der Waals surface area contributed by atoms with Crippen molar-refractivity contribution in [3.05, 3.63) is 0 Å². The molecule has 0 aliphatic carbocycles. The zero-order valence-corrected chi connectivity index (χ0v) is 9.53. The predicted molar refractivity (Wildman–Crippen MR) is 57.9 cm³/mol.